The number of aryl methyl sites for hydroxylation is 1. The predicted molar refractivity (Wildman–Crippen MR) is 80.6 cm³/mol. The van der Waals surface area contributed by atoms with E-state index in [1.54, 1.807) is 0 Å². The number of fused-ring (bicyclic) bond motifs is 1. The lowest BCUT2D eigenvalue weighted by Crippen LogP contribution is -2.12. The van der Waals surface area contributed by atoms with Gasteiger partial charge < -0.3 is 10.2 Å². The fourth-order valence-electron chi connectivity index (χ4n) is 1.89. The number of para-hydroxylation sites is 1. The highest BCUT2D eigenvalue weighted by atomic mass is 32.2. The molecule has 4 nitrogen and oxygen atoms in total. The van der Waals surface area contributed by atoms with Crippen LogP contribution in [0.2, 0.25) is 0 Å². The smallest absolute Gasteiger partial charge is 0.187 e. The van der Waals surface area contributed by atoms with Crippen molar-refractivity contribution in [2.45, 2.75) is 18.1 Å². The average molecular weight is 285 g/mol. The Morgan fingerprint density at radius 3 is 2.75 bits per heavy atom. The summed E-state index contributed by atoms with van der Waals surface area (Å²) < 4.78 is 5.76. The minimum atomic E-state index is -0.169. The van der Waals surface area contributed by atoms with E-state index >= 15 is 0 Å². The summed E-state index contributed by atoms with van der Waals surface area (Å²) in [5.41, 5.74) is 8.09. The Bertz CT molecular complexity index is 675. The molecule has 0 aliphatic carbocycles. The van der Waals surface area contributed by atoms with Crippen LogP contribution in [0.3, 0.4) is 0 Å². The van der Waals surface area contributed by atoms with Crippen LogP contribution in [-0.2, 0) is 0 Å². The largest absolute Gasteiger partial charge is 0.459 e. The third-order valence-corrected chi connectivity index (χ3v) is 3.95. The Labute approximate surface area is 121 Å². The molecule has 1 unspecified atom stereocenters. The van der Waals surface area contributed by atoms with Crippen LogP contribution in [0.1, 0.15) is 17.4 Å². The molecule has 2 heterocycles. The lowest BCUT2D eigenvalue weighted by Gasteiger charge is -2.07. The van der Waals surface area contributed by atoms with Crippen LogP contribution in [0, 0.1) is 6.92 Å². The summed E-state index contributed by atoms with van der Waals surface area (Å²) in [6, 6.07) is 9.74. The van der Waals surface area contributed by atoms with Crippen molar-refractivity contribution in [1.29, 1.82) is 0 Å². The quantitative estimate of drug-likeness (QED) is 0.588. The van der Waals surface area contributed by atoms with E-state index in [9.17, 15) is 0 Å². The third kappa shape index (κ3) is 2.84. The minimum Gasteiger partial charge on any atom is -0.459 e. The maximum Gasteiger partial charge on any atom is 0.187 e. The summed E-state index contributed by atoms with van der Waals surface area (Å²) >= 11 is 1.53. The number of nitrogens with zero attached hydrogens (tertiary/aromatic N) is 2. The van der Waals surface area contributed by atoms with Crippen LogP contribution >= 0.6 is 11.8 Å². The van der Waals surface area contributed by atoms with Gasteiger partial charge in [-0.15, -0.1) is 0 Å². The highest BCUT2D eigenvalue weighted by Gasteiger charge is 2.13. The summed E-state index contributed by atoms with van der Waals surface area (Å²) in [6.07, 6.45) is 3.62. The second-order valence-corrected chi connectivity index (χ2v) is 5.63. The molecule has 0 aliphatic heterocycles. The van der Waals surface area contributed by atoms with Gasteiger partial charge in [0.25, 0.3) is 0 Å². The molecule has 0 aliphatic rings. The van der Waals surface area contributed by atoms with E-state index in [-0.39, 0.29) is 6.04 Å². The zero-order valence-corrected chi connectivity index (χ0v) is 11.9. The molecule has 2 aromatic heterocycles. The van der Waals surface area contributed by atoms with E-state index in [1.165, 1.54) is 11.8 Å². The van der Waals surface area contributed by atoms with Crippen molar-refractivity contribution in [2.24, 2.45) is 5.73 Å². The van der Waals surface area contributed by atoms with Gasteiger partial charge in [0.2, 0.25) is 0 Å². The first-order valence-electron chi connectivity index (χ1n) is 6.38. The van der Waals surface area contributed by atoms with E-state index in [4.69, 9.17) is 10.2 Å². The van der Waals surface area contributed by atoms with Crippen LogP contribution in [0.4, 0.5) is 0 Å². The second kappa shape index (κ2) is 5.64. The van der Waals surface area contributed by atoms with Gasteiger partial charge in [-0.1, -0.05) is 30.0 Å². The standard InChI is InChI=1S/C15H15N3OS/c1-10-7-17-15(18-8-10)20-9-12(16)14-6-11-4-2-3-5-13(11)19-14/h2-8,12H,9,16H2,1H3. The zero-order valence-electron chi connectivity index (χ0n) is 11.1. The number of benzene rings is 1. The first-order valence-corrected chi connectivity index (χ1v) is 7.36. The molecule has 3 rings (SSSR count). The summed E-state index contributed by atoms with van der Waals surface area (Å²) in [5.74, 6) is 1.48. The zero-order chi connectivity index (χ0) is 13.9. The number of hydrogen-bond donors (Lipinski definition) is 1. The highest BCUT2D eigenvalue weighted by molar-refractivity contribution is 7.99. The van der Waals surface area contributed by atoms with Gasteiger partial charge in [-0.05, 0) is 24.6 Å². The maximum atomic E-state index is 6.17. The molecular formula is C15H15N3OS. The van der Waals surface area contributed by atoms with E-state index in [2.05, 4.69) is 9.97 Å². The Morgan fingerprint density at radius 1 is 1.25 bits per heavy atom. The predicted octanol–water partition coefficient (Wildman–Crippen LogP) is 3.32. The number of furan rings is 1. The Morgan fingerprint density at radius 2 is 2.00 bits per heavy atom. The topological polar surface area (TPSA) is 64.9 Å². The van der Waals surface area contributed by atoms with Crippen molar-refractivity contribution >= 4 is 22.7 Å². The molecule has 5 heteroatoms. The number of rotatable bonds is 4. The van der Waals surface area contributed by atoms with Gasteiger partial charge >= 0.3 is 0 Å². The summed E-state index contributed by atoms with van der Waals surface area (Å²) in [6.45, 7) is 1.97. The van der Waals surface area contributed by atoms with Crippen LogP contribution < -0.4 is 5.73 Å². The van der Waals surface area contributed by atoms with E-state index in [1.807, 2.05) is 49.6 Å². The van der Waals surface area contributed by atoms with Gasteiger partial charge in [0.15, 0.2) is 5.16 Å². The van der Waals surface area contributed by atoms with Crippen LogP contribution in [0.5, 0.6) is 0 Å². The minimum absolute atomic E-state index is 0.169. The Kier molecular flexibility index (Phi) is 3.71. The third-order valence-electron chi connectivity index (χ3n) is 2.96. The van der Waals surface area contributed by atoms with Crippen molar-refractivity contribution in [3.63, 3.8) is 0 Å². The monoisotopic (exact) mass is 285 g/mol. The first kappa shape index (κ1) is 13.1. The second-order valence-electron chi connectivity index (χ2n) is 4.65. The molecule has 1 atom stereocenters. The molecule has 102 valence electrons. The van der Waals surface area contributed by atoms with Crippen molar-refractivity contribution in [1.82, 2.24) is 9.97 Å². The molecule has 1 aromatic carbocycles. The molecule has 0 spiro atoms. The van der Waals surface area contributed by atoms with Crippen LogP contribution in [0.25, 0.3) is 11.0 Å². The normalized spacial score (nSPS) is 12.7. The molecule has 0 amide bonds. The first-order chi connectivity index (χ1) is 9.72. The molecule has 0 saturated heterocycles. The van der Waals surface area contributed by atoms with Crippen molar-refractivity contribution in [3.8, 4) is 0 Å². The lowest BCUT2D eigenvalue weighted by atomic mass is 10.2. The molecular weight excluding hydrogens is 270 g/mol. The number of thioether (sulfide) groups is 1. The Balaban J connectivity index is 1.69. The fourth-order valence-corrected chi connectivity index (χ4v) is 2.63. The highest BCUT2D eigenvalue weighted by Crippen LogP contribution is 2.26. The van der Waals surface area contributed by atoms with Crippen LogP contribution in [0.15, 0.2) is 52.3 Å². The van der Waals surface area contributed by atoms with Crippen molar-refractivity contribution in [2.75, 3.05) is 5.75 Å². The molecule has 0 bridgehead atoms. The molecule has 0 fully saturated rings. The Hall–Kier alpha value is -1.85. The van der Waals surface area contributed by atoms with Gasteiger partial charge in [0.05, 0.1) is 6.04 Å². The van der Waals surface area contributed by atoms with Gasteiger partial charge in [-0.3, -0.25) is 0 Å². The van der Waals surface area contributed by atoms with Crippen molar-refractivity contribution in [3.05, 3.63) is 54.0 Å². The average Bonchev–Trinajstić information content (AvgIpc) is 2.90. The number of nitrogens with two attached hydrogens (primary N) is 1. The van der Waals surface area contributed by atoms with Crippen LogP contribution in [-0.4, -0.2) is 15.7 Å². The van der Waals surface area contributed by atoms with Gasteiger partial charge in [0.1, 0.15) is 11.3 Å². The number of hydrogen-bond acceptors (Lipinski definition) is 5. The molecule has 20 heavy (non-hydrogen) atoms. The van der Waals surface area contributed by atoms with Crippen molar-refractivity contribution < 1.29 is 4.42 Å². The lowest BCUT2D eigenvalue weighted by molar-refractivity contribution is 0.516. The fraction of sp³-hybridized carbons (Fsp3) is 0.200. The molecule has 2 N–H and O–H groups in total. The van der Waals surface area contributed by atoms with Gasteiger partial charge in [-0.25, -0.2) is 9.97 Å². The summed E-state index contributed by atoms with van der Waals surface area (Å²) in [4.78, 5) is 8.50. The van der Waals surface area contributed by atoms with E-state index in [0.29, 0.717) is 5.75 Å². The van der Waals surface area contributed by atoms with E-state index < -0.39 is 0 Å². The number of aromatic nitrogens is 2. The van der Waals surface area contributed by atoms with E-state index in [0.717, 1.165) is 27.4 Å². The maximum absolute atomic E-state index is 6.17. The van der Waals surface area contributed by atoms with Gasteiger partial charge in [-0.2, -0.15) is 0 Å². The van der Waals surface area contributed by atoms with Gasteiger partial charge in [0, 0.05) is 23.5 Å². The SMILES string of the molecule is Cc1cnc(SCC(N)c2cc3ccccc3o2)nc1. The molecule has 0 radical (unpaired) electrons. The molecule has 3 aromatic rings. The molecule has 0 saturated carbocycles. The summed E-state index contributed by atoms with van der Waals surface area (Å²) in [7, 11) is 0. The summed E-state index contributed by atoms with van der Waals surface area (Å²) in [5, 5.41) is 1.82.